The van der Waals surface area contributed by atoms with Crippen LogP contribution in [0.4, 0.5) is 5.69 Å². The highest BCUT2D eigenvalue weighted by Crippen LogP contribution is 2.42. The van der Waals surface area contributed by atoms with E-state index in [1.165, 1.54) is 0 Å². The van der Waals surface area contributed by atoms with E-state index in [1.54, 1.807) is 12.0 Å². The van der Waals surface area contributed by atoms with Crippen LogP contribution in [0.5, 0.6) is 5.75 Å². The third kappa shape index (κ3) is 4.24. The van der Waals surface area contributed by atoms with Gasteiger partial charge in [0.05, 0.1) is 13.2 Å². The van der Waals surface area contributed by atoms with Crippen molar-refractivity contribution in [1.29, 1.82) is 0 Å². The van der Waals surface area contributed by atoms with Crippen LogP contribution in [0, 0.1) is 6.92 Å². The lowest BCUT2D eigenvalue weighted by Gasteiger charge is -2.27. The van der Waals surface area contributed by atoms with Crippen LogP contribution < -0.4 is 9.64 Å². The zero-order chi connectivity index (χ0) is 21.8. The van der Waals surface area contributed by atoms with E-state index < -0.39 is 0 Å². The highest BCUT2D eigenvalue weighted by atomic mass is 16.5. The number of carbonyl (C=O) groups is 1. The lowest BCUT2D eigenvalue weighted by molar-refractivity contribution is -0.117. The zero-order valence-electron chi connectivity index (χ0n) is 17.7. The monoisotopic (exact) mass is 411 g/mol. The molecule has 1 unspecified atom stereocenters. The quantitative estimate of drug-likeness (QED) is 0.541. The summed E-state index contributed by atoms with van der Waals surface area (Å²) in [6, 6.07) is 25.0. The Balaban J connectivity index is 1.72. The standard InChI is InChI=1S/C27H25NO3/c1-19-11-15-22(16-12-19)28-25(21-13-17-23(31-2)18-14-21)24(26(29)27(28)30)10-6-9-20-7-4-3-5-8-20/h3-9,11-18,25,29H,10H2,1-2H3. The third-order valence-electron chi connectivity index (χ3n) is 5.51. The number of methoxy groups -OCH3 is 1. The molecule has 156 valence electrons. The Kier molecular flexibility index (Phi) is 5.89. The van der Waals surface area contributed by atoms with Gasteiger partial charge in [0, 0.05) is 11.3 Å². The first-order valence-corrected chi connectivity index (χ1v) is 10.3. The van der Waals surface area contributed by atoms with Gasteiger partial charge in [-0.25, -0.2) is 0 Å². The maximum atomic E-state index is 13.1. The first-order chi connectivity index (χ1) is 15.1. The second-order valence-electron chi connectivity index (χ2n) is 7.58. The van der Waals surface area contributed by atoms with Gasteiger partial charge in [0.25, 0.3) is 5.91 Å². The largest absolute Gasteiger partial charge is 0.503 e. The molecule has 0 radical (unpaired) electrons. The number of aliphatic hydroxyl groups excluding tert-OH is 1. The summed E-state index contributed by atoms with van der Waals surface area (Å²) >= 11 is 0. The van der Waals surface area contributed by atoms with E-state index in [4.69, 9.17) is 4.74 Å². The van der Waals surface area contributed by atoms with E-state index in [1.807, 2.05) is 97.9 Å². The van der Waals surface area contributed by atoms with E-state index in [2.05, 4.69) is 0 Å². The minimum absolute atomic E-state index is 0.181. The van der Waals surface area contributed by atoms with Crippen LogP contribution in [0.1, 0.15) is 29.2 Å². The molecular weight excluding hydrogens is 386 g/mol. The van der Waals surface area contributed by atoms with Crippen LogP contribution in [0.25, 0.3) is 6.08 Å². The molecule has 1 atom stereocenters. The zero-order valence-corrected chi connectivity index (χ0v) is 17.7. The minimum Gasteiger partial charge on any atom is -0.503 e. The summed E-state index contributed by atoms with van der Waals surface area (Å²) in [6.07, 6.45) is 4.46. The fourth-order valence-corrected chi connectivity index (χ4v) is 3.86. The van der Waals surface area contributed by atoms with Gasteiger partial charge >= 0.3 is 0 Å². The number of carbonyl (C=O) groups excluding carboxylic acids is 1. The van der Waals surface area contributed by atoms with Gasteiger partial charge < -0.3 is 9.84 Å². The Bertz CT molecular complexity index is 1110. The molecule has 31 heavy (non-hydrogen) atoms. The Morgan fingerprint density at radius 1 is 0.968 bits per heavy atom. The molecule has 1 amide bonds. The van der Waals surface area contributed by atoms with Crippen LogP contribution >= 0.6 is 0 Å². The van der Waals surface area contributed by atoms with Gasteiger partial charge in [-0.05, 0) is 48.7 Å². The van der Waals surface area contributed by atoms with E-state index in [-0.39, 0.29) is 17.7 Å². The van der Waals surface area contributed by atoms with Crippen molar-refractivity contribution < 1.29 is 14.6 Å². The van der Waals surface area contributed by atoms with Crippen molar-refractivity contribution in [2.45, 2.75) is 19.4 Å². The molecule has 0 aromatic heterocycles. The number of hydrogen-bond acceptors (Lipinski definition) is 3. The van der Waals surface area contributed by atoms with Crippen molar-refractivity contribution >= 4 is 17.7 Å². The Hall–Kier alpha value is -3.79. The number of allylic oxidation sites excluding steroid dienone is 1. The average Bonchev–Trinajstić information content (AvgIpc) is 3.05. The lowest BCUT2D eigenvalue weighted by atomic mass is 9.96. The molecule has 0 bridgehead atoms. The van der Waals surface area contributed by atoms with E-state index in [9.17, 15) is 9.90 Å². The maximum absolute atomic E-state index is 13.1. The van der Waals surface area contributed by atoms with Crippen molar-refractivity contribution in [3.8, 4) is 5.75 Å². The molecule has 3 aromatic carbocycles. The summed E-state index contributed by atoms with van der Waals surface area (Å²) in [6.45, 7) is 2.01. The van der Waals surface area contributed by atoms with Crippen LogP contribution in [-0.4, -0.2) is 18.1 Å². The molecule has 1 aliphatic rings. The Morgan fingerprint density at radius 2 is 1.65 bits per heavy atom. The predicted molar refractivity (Wildman–Crippen MR) is 124 cm³/mol. The molecule has 0 saturated carbocycles. The molecule has 3 aromatic rings. The van der Waals surface area contributed by atoms with Gasteiger partial charge in [0.2, 0.25) is 0 Å². The number of aryl methyl sites for hydroxylation is 1. The topological polar surface area (TPSA) is 49.8 Å². The minimum atomic E-state index is -0.387. The predicted octanol–water partition coefficient (Wildman–Crippen LogP) is 6.01. The summed E-state index contributed by atoms with van der Waals surface area (Å²) in [5, 5.41) is 10.8. The van der Waals surface area contributed by atoms with Crippen molar-refractivity contribution in [3.05, 3.63) is 113 Å². The van der Waals surface area contributed by atoms with Crippen molar-refractivity contribution in [2.24, 2.45) is 0 Å². The number of anilines is 1. The summed E-state index contributed by atoms with van der Waals surface area (Å²) in [5.74, 6) is 0.181. The van der Waals surface area contributed by atoms with E-state index >= 15 is 0 Å². The van der Waals surface area contributed by atoms with Gasteiger partial charge in [-0.1, -0.05) is 72.3 Å². The molecule has 0 spiro atoms. The van der Waals surface area contributed by atoms with Crippen LogP contribution in [0.2, 0.25) is 0 Å². The van der Waals surface area contributed by atoms with Crippen LogP contribution in [0.15, 0.2) is 96.3 Å². The SMILES string of the molecule is COc1ccc(C2C(CC=Cc3ccccc3)=C(O)C(=O)N2c2ccc(C)cc2)cc1. The highest BCUT2D eigenvalue weighted by Gasteiger charge is 2.40. The fourth-order valence-electron chi connectivity index (χ4n) is 3.86. The molecule has 1 N–H and O–H groups in total. The second kappa shape index (κ2) is 8.92. The number of rotatable bonds is 6. The first kappa shape index (κ1) is 20.5. The lowest BCUT2D eigenvalue weighted by Crippen LogP contribution is -2.30. The molecule has 0 saturated heterocycles. The molecule has 0 aliphatic carbocycles. The number of amides is 1. The number of aliphatic hydroxyl groups is 1. The van der Waals surface area contributed by atoms with Gasteiger partial charge in [-0.15, -0.1) is 0 Å². The maximum Gasteiger partial charge on any atom is 0.293 e. The summed E-state index contributed by atoms with van der Waals surface area (Å²) in [7, 11) is 1.62. The molecule has 1 heterocycles. The van der Waals surface area contributed by atoms with E-state index in [0.29, 0.717) is 12.0 Å². The molecule has 1 aliphatic heterocycles. The normalized spacial score (nSPS) is 16.4. The van der Waals surface area contributed by atoms with Crippen molar-refractivity contribution in [2.75, 3.05) is 12.0 Å². The Morgan fingerprint density at radius 3 is 2.29 bits per heavy atom. The van der Waals surface area contributed by atoms with Crippen LogP contribution in [-0.2, 0) is 4.79 Å². The van der Waals surface area contributed by atoms with Gasteiger partial charge in [-0.2, -0.15) is 0 Å². The molecular formula is C27H25NO3. The van der Waals surface area contributed by atoms with Crippen LogP contribution in [0.3, 0.4) is 0 Å². The molecule has 4 heteroatoms. The van der Waals surface area contributed by atoms with Gasteiger partial charge in [0.15, 0.2) is 5.76 Å². The summed E-state index contributed by atoms with van der Waals surface area (Å²) in [5.41, 5.74) is 4.54. The third-order valence-corrected chi connectivity index (χ3v) is 5.51. The fraction of sp³-hybridized carbons (Fsp3) is 0.148. The molecule has 0 fully saturated rings. The number of hydrogen-bond donors (Lipinski definition) is 1. The van der Waals surface area contributed by atoms with E-state index in [0.717, 1.165) is 28.1 Å². The average molecular weight is 412 g/mol. The van der Waals surface area contributed by atoms with Crippen molar-refractivity contribution in [1.82, 2.24) is 0 Å². The van der Waals surface area contributed by atoms with Crippen molar-refractivity contribution in [3.63, 3.8) is 0 Å². The van der Waals surface area contributed by atoms with Gasteiger partial charge in [-0.3, -0.25) is 9.69 Å². The smallest absolute Gasteiger partial charge is 0.293 e. The molecule has 4 rings (SSSR count). The Labute approximate surface area is 182 Å². The number of ether oxygens (including phenoxy) is 1. The number of nitrogens with zero attached hydrogens (tertiary/aromatic N) is 1. The number of benzene rings is 3. The first-order valence-electron chi connectivity index (χ1n) is 10.3. The summed E-state index contributed by atoms with van der Waals surface area (Å²) in [4.78, 5) is 14.8. The highest BCUT2D eigenvalue weighted by molar-refractivity contribution is 6.08. The second-order valence-corrected chi connectivity index (χ2v) is 7.58. The molecule has 4 nitrogen and oxygen atoms in total. The summed E-state index contributed by atoms with van der Waals surface area (Å²) < 4.78 is 5.29. The van der Waals surface area contributed by atoms with Gasteiger partial charge in [0.1, 0.15) is 5.75 Å².